The van der Waals surface area contributed by atoms with Crippen molar-refractivity contribution >= 4 is 5.97 Å². The van der Waals surface area contributed by atoms with E-state index in [1.807, 2.05) is 5.32 Å². The fourth-order valence-electron chi connectivity index (χ4n) is 1.53. The van der Waals surface area contributed by atoms with Crippen LogP contribution in [0.3, 0.4) is 0 Å². The lowest BCUT2D eigenvalue weighted by molar-refractivity contribution is -0.149. The third kappa shape index (κ3) is 4.51. The lowest BCUT2D eigenvalue weighted by Crippen LogP contribution is -2.54. The van der Waals surface area contributed by atoms with Crippen LogP contribution in [0, 0.1) is 5.82 Å². The maximum absolute atomic E-state index is 13.4. The number of aliphatic carboxylic acids is 1. The van der Waals surface area contributed by atoms with E-state index in [9.17, 15) is 22.4 Å². The number of nitrogens with one attached hydrogen (secondary N) is 1. The number of carboxylic acids is 1. The maximum atomic E-state index is 13.4. The van der Waals surface area contributed by atoms with E-state index in [0.29, 0.717) is 0 Å². The highest BCUT2D eigenvalue weighted by Gasteiger charge is 2.38. The van der Waals surface area contributed by atoms with E-state index < -0.39 is 30.0 Å². The van der Waals surface area contributed by atoms with Crippen molar-refractivity contribution in [1.82, 2.24) is 5.32 Å². The number of hydrogen-bond acceptors (Lipinski definition) is 2. The second-order valence-corrected chi connectivity index (χ2v) is 4.37. The number of halogens is 4. The van der Waals surface area contributed by atoms with Crippen LogP contribution in [0.25, 0.3) is 0 Å². The lowest BCUT2D eigenvalue weighted by atomic mass is 9.92. The first-order valence-electron chi connectivity index (χ1n) is 5.43. The zero-order chi connectivity index (χ0) is 14.7. The summed E-state index contributed by atoms with van der Waals surface area (Å²) < 4.78 is 49.8. The molecule has 0 saturated heterocycles. The Morgan fingerprint density at radius 1 is 1.32 bits per heavy atom. The Morgan fingerprint density at radius 2 is 1.89 bits per heavy atom. The molecule has 0 aliphatic carbocycles. The summed E-state index contributed by atoms with van der Waals surface area (Å²) in [4.78, 5) is 11.1. The molecule has 0 saturated carbocycles. The van der Waals surface area contributed by atoms with Gasteiger partial charge in [-0.3, -0.25) is 10.1 Å². The molecular weight excluding hydrogens is 266 g/mol. The number of carbonyl (C=O) groups is 1. The number of alkyl halides is 3. The van der Waals surface area contributed by atoms with E-state index in [1.165, 1.54) is 18.2 Å². The van der Waals surface area contributed by atoms with Gasteiger partial charge in [0.1, 0.15) is 11.4 Å². The molecular formula is C12H13F4NO2. The normalized spacial score (nSPS) is 15.0. The molecule has 1 unspecified atom stereocenters. The largest absolute Gasteiger partial charge is 0.480 e. The highest BCUT2D eigenvalue weighted by molar-refractivity contribution is 5.78. The van der Waals surface area contributed by atoms with E-state index in [2.05, 4.69) is 0 Å². The summed E-state index contributed by atoms with van der Waals surface area (Å²) in [5.74, 6) is -2.12. The molecule has 1 rings (SSSR count). The Hall–Kier alpha value is -1.63. The predicted octanol–water partition coefficient (Wildman–Crippen LogP) is 2.36. The van der Waals surface area contributed by atoms with Crippen molar-refractivity contribution in [2.75, 3.05) is 6.54 Å². The Labute approximate surface area is 107 Å². The Balaban J connectivity index is 2.89. The van der Waals surface area contributed by atoms with Crippen molar-refractivity contribution in [3.63, 3.8) is 0 Å². The maximum Gasteiger partial charge on any atom is 0.401 e. The zero-order valence-corrected chi connectivity index (χ0v) is 10.1. The molecule has 0 fully saturated rings. The van der Waals surface area contributed by atoms with Crippen LogP contribution in [-0.4, -0.2) is 29.3 Å². The molecule has 19 heavy (non-hydrogen) atoms. The number of benzene rings is 1. The minimum absolute atomic E-state index is 0.0436. The van der Waals surface area contributed by atoms with Crippen molar-refractivity contribution in [2.24, 2.45) is 0 Å². The van der Waals surface area contributed by atoms with Gasteiger partial charge >= 0.3 is 12.1 Å². The highest BCUT2D eigenvalue weighted by atomic mass is 19.4. The first kappa shape index (κ1) is 15.4. The highest BCUT2D eigenvalue weighted by Crippen LogP contribution is 2.19. The molecule has 0 radical (unpaired) electrons. The topological polar surface area (TPSA) is 49.3 Å². The van der Waals surface area contributed by atoms with E-state index in [4.69, 9.17) is 5.11 Å². The van der Waals surface area contributed by atoms with Gasteiger partial charge < -0.3 is 5.11 Å². The summed E-state index contributed by atoms with van der Waals surface area (Å²) in [6.45, 7) is -0.363. The molecule has 7 heteroatoms. The molecule has 0 aliphatic rings. The molecule has 0 amide bonds. The van der Waals surface area contributed by atoms with Gasteiger partial charge in [0.2, 0.25) is 0 Å². The molecule has 0 heterocycles. The fourth-order valence-corrected chi connectivity index (χ4v) is 1.53. The van der Waals surface area contributed by atoms with Crippen LogP contribution in [-0.2, 0) is 11.2 Å². The average molecular weight is 279 g/mol. The summed E-state index contributed by atoms with van der Waals surface area (Å²) in [6, 6.07) is 5.37. The summed E-state index contributed by atoms with van der Waals surface area (Å²) in [6.07, 6.45) is -4.92. The molecule has 1 aromatic rings. The summed E-state index contributed by atoms with van der Waals surface area (Å²) in [5, 5.41) is 10.9. The predicted molar refractivity (Wildman–Crippen MR) is 60.2 cm³/mol. The van der Waals surface area contributed by atoms with E-state index in [-0.39, 0.29) is 12.0 Å². The van der Waals surface area contributed by atoms with E-state index in [1.54, 1.807) is 0 Å². The van der Waals surface area contributed by atoms with Crippen LogP contribution < -0.4 is 5.32 Å². The average Bonchev–Trinajstić information content (AvgIpc) is 2.28. The number of hydrogen-bond donors (Lipinski definition) is 2. The van der Waals surface area contributed by atoms with Gasteiger partial charge in [-0.25, -0.2) is 4.39 Å². The van der Waals surface area contributed by atoms with Gasteiger partial charge in [-0.1, -0.05) is 18.2 Å². The number of rotatable bonds is 5. The quantitative estimate of drug-likeness (QED) is 0.813. The third-order valence-electron chi connectivity index (χ3n) is 2.65. The van der Waals surface area contributed by atoms with Crippen LogP contribution >= 0.6 is 0 Å². The monoisotopic (exact) mass is 279 g/mol. The van der Waals surface area contributed by atoms with Gasteiger partial charge in [-0.05, 0) is 18.6 Å². The minimum Gasteiger partial charge on any atom is -0.480 e. The molecule has 3 nitrogen and oxygen atoms in total. The summed E-state index contributed by atoms with van der Waals surface area (Å²) >= 11 is 0. The van der Waals surface area contributed by atoms with E-state index >= 15 is 0 Å². The first-order chi connectivity index (χ1) is 8.64. The number of carboxylic acid groups (broad SMARTS) is 1. The second-order valence-electron chi connectivity index (χ2n) is 4.37. The summed E-state index contributed by atoms with van der Waals surface area (Å²) in [7, 11) is 0. The van der Waals surface area contributed by atoms with Crippen LogP contribution in [0.15, 0.2) is 24.3 Å². The molecule has 0 aliphatic heterocycles. The zero-order valence-electron chi connectivity index (χ0n) is 10.1. The van der Waals surface area contributed by atoms with Gasteiger partial charge in [0.05, 0.1) is 6.54 Å². The van der Waals surface area contributed by atoms with Crippen LogP contribution in [0.4, 0.5) is 17.6 Å². The molecule has 0 spiro atoms. The van der Waals surface area contributed by atoms with Gasteiger partial charge in [0, 0.05) is 6.42 Å². The van der Waals surface area contributed by atoms with Gasteiger partial charge in [-0.2, -0.15) is 13.2 Å². The van der Waals surface area contributed by atoms with Crippen molar-refractivity contribution in [1.29, 1.82) is 0 Å². The van der Waals surface area contributed by atoms with Gasteiger partial charge in [0.25, 0.3) is 0 Å². The third-order valence-corrected chi connectivity index (χ3v) is 2.65. The Kier molecular flexibility index (Phi) is 4.52. The fraction of sp³-hybridized carbons (Fsp3) is 0.417. The van der Waals surface area contributed by atoms with Crippen LogP contribution in [0.5, 0.6) is 0 Å². The smallest absolute Gasteiger partial charge is 0.401 e. The first-order valence-corrected chi connectivity index (χ1v) is 5.43. The standard InChI is InChI=1S/C12H13F4NO2/c1-11(10(18)19,17-7-12(14,15)16)6-8-4-2-3-5-9(8)13/h2-5,17H,6-7H2,1H3,(H,18,19). The molecule has 2 N–H and O–H groups in total. The van der Waals surface area contributed by atoms with Crippen molar-refractivity contribution < 1.29 is 27.5 Å². The van der Waals surface area contributed by atoms with Crippen LogP contribution in [0.1, 0.15) is 12.5 Å². The molecule has 1 atom stereocenters. The van der Waals surface area contributed by atoms with Crippen LogP contribution in [0.2, 0.25) is 0 Å². The lowest BCUT2D eigenvalue weighted by Gasteiger charge is -2.27. The minimum atomic E-state index is -4.54. The summed E-state index contributed by atoms with van der Waals surface area (Å²) in [5.41, 5.74) is -1.85. The SMILES string of the molecule is CC(Cc1ccccc1F)(NCC(F)(F)F)C(=O)O. The van der Waals surface area contributed by atoms with E-state index in [0.717, 1.165) is 13.0 Å². The van der Waals surface area contributed by atoms with Crippen molar-refractivity contribution in [3.8, 4) is 0 Å². The Bertz CT molecular complexity index is 461. The molecule has 1 aromatic carbocycles. The molecule has 0 bridgehead atoms. The molecule has 106 valence electrons. The second kappa shape index (κ2) is 5.56. The van der Waals surface area contributed by atoms with Gasteiger partial charge in [0.15, 0.2) is 0 Å². The Morgan fingerprint density at radius 3 is 2.37 bits per heavy atom. The van der Waals surface area contributed by atoms with Gasteiger partial charge in [-0.15, -0.1) is 0 Å². The van der Waals surface area contributed by atoms with Crippen molar-refractivity contribution in [2.45, 2.75) is 25.1 Å². The van der Waals surface area contributed by atoms with Crippen molar-refractivity contribution in [3.05, 3.63) is 35.6 Å². The molecule has 0 aromatic heterocycles.